The van der Waals surface area contributed by atoms with Gasteiger partial charge in [0.05, 0.1) is 18.3 Å². The van der Waals surface area contributed by atoms with Gasteiger partial charge in [0.15, 0.2) is 5.11 Å². The van der Waals surface area contributed by atoms with E-state index < -0.39 is 0 Å². The van der Waals surface area contributed by atoms with E-state index in [1.807, 2.05) is 63.2 Å². The van der Waals surface area contributed by atoms with Crippen LogP contribution in [0.1, 0.15) is 49.3 Å². The number of amides is 1. The first kappa shape index (κ1) is 25.5. The minimum Gasteiger partial charge on any atom is -0.494 e. The Kier molecular flexibility index (Phi) is 7.42. The van der Waals surface area contributed by atoms with Crippen molar-refractivity contribution in [1.29, 1.82) is 0 Å². The third-order valence-corrected chi connectivity index (χ3v) is 7.01. The zero-order chi connectivity index (χ0) is 26.6. The van der Waals surface area contributed by atoms with Gasteiger partial charge in [0.2, 0.25) is 5.91 Å². The summed E-state index contributed by atoms with van der Waals surface area (Å²) >= 11 is 5.91. The van der Waals surface area contributed by atoms with Gasteiger partial charge in [-0.25, -0.2) is 0 Å². The summed E-state index contributed by atoms with van der Waals surface area (Å²) in [4.78, 5) is 18.8. The molecule has 2 aromatic carbocycles. The van der Waals surface area contributed by atoms with Gasteiger partial charge in [-0.1, -0.05) is 13.0 Å². The molecule has 0 radical (unpaired) electrons. The van der Waals surface area contributed by atoms with Crippen molar-refractivity contribution in [2.75, 3.05) is 16.8 Å². The monoisotopic (exact) mass is 525 g/mol. The number of nitrogens with zero attached hydrogens (tertiary/aromatic N) is 3. The zero-order valence-electron chi connectivity index (χ0n) is 21.7. The van der Waals surface area contributed by atoms with Crippen LogP contribution >= 0.6 is 12.2 Å². The van der Waals surface area contributed by atoms with Crippen molar-refractivity contribution < 1.29 is 9.53 Å². The molecule has 7 nitrogen and oxygen atoms in total. The highest BCUT2D eigenvalue weighted by Gasteiger charge is 2.42. The minimum atomic E-state index is -0.172. The van der Waals surface area contributed by atoms with E-state index in [9.17, 15) is 4.79 Å². The van der Waals surface area contributed by atoms with E-state index in [-0.39, 0.29) is 18.0 Å². The molecule has 1 amide bonds. The summed E-state index contributed by atoms with van der Waals surface area (Å²) in [5.41, 5.74) is 5.71. The summed E-state index contributed by atoms with van der Waals surface area (Å²) < 4.78 is 7.83. The van der Waals surface area contributed by atoms with Crippen molar-refractivity contribution >= 4 is 34.6 Å². The molecule has 1 aliphatic rings. The zero-order valence-corrected chi connectivity index (χ0v) is 22.5. The number of hydrogen-bond donors (Lipinski definition) is 2. The molecule has 0 spiro atoms. The summed E-state index contributed by atoms with van der Waals surface area (Å²) in [5, 5.41) is 7.13. The number of aryl methyl sites for hydroxylation is 1. The maximum absolute atomic E-state index is 12.0. The minimum absolute atomic E-state index is 0.0134. The molecule has 0 saturated carbocycles. The van der Waals surface area contributed by atoms with E-state index in [0.29, 0.717) is 18.1 Å². The van der Waals surface area contributed by atoms with Crippen LogP contribution in [0.3, 0.4) is 0 Å². The lowest BCUT2D eigenvalue weighted by Gasteiger charge is -2.29. The number of anilines is 2. The van der Waals surface area contributed by atoms with E-state index in [4.69, 9.17) is 17.0 Å². The predicted molar refractivity (Wildman–Crippen MR) is 155 cm³/mol. The van der Waals surface area contributed by atoms with Crippen molar-refractivity contribution in [3.8, 4) is 11.4 Å². The average Bonchev–Trinajstić information content (AvgIpc) is 3.55. The quantitative estimate of drug-likeness (QED) is 0.271. The van der Waals surface area contributed by atoms with E-state index in [0.717, 1.165) is 39.8 Å². The maximum Gasteiger partial charge on any atom is 0.224 e. The summed E-state index contributed by atoms with van der Waals surface area (Å²) in [5.74, 6) is 0.827. The summed E-state index contributed by atoms with van der Waals surface area (Å²) in [6, 6.07) is 23.9. The van der Waals surface area contributed by atoms with Gasteiger partial charge in [-0.15, -0.1) is 0 Å². The molecule has 0 aliphatic carbocycles. The molecule has 8 heteroatoms. The summed E-state index contributed by atoms with van der Waals surface area (Å²) in [6.45, 7) is 6.44. The molecule has 3 heterocycles. The Bertz CT molecular complexity index is 1430. The number of ether oxygens (including phenoxy) is 1. The first-order valence-corrected chi connectivity index (χ1v) is 13.2. The summed E-state index contributed by atoms with van der Waals surface area (Å²) in [6.07, 6.45) is 4.30. The lowest BCUT2D eigenvalue weighted by molar-refractivity contribution is -0.115. The van der Waals surface area contributed by atoms with Crippen LogP contribution in [0.4, 0.5) is 11.4 Å². The number of aromatic nitrogens is 2. The molecule has 4 aromatic rings. The number of rotatable bonds is 8. The smallest absolute Gasteiger partial charge is 0.224 e. The van der Waals surface area contributed by atoms with Gasteiger partial charge in [0.25, 0.3) is 0 Å². The van der Waals surface area contributed by atoms with E-state index in [2.05, 4.69) is 61.6 Å². The van der Waals surface area contributed by atoms with Crippen LogP contribution in [0.15, 0.2) is 85.2 Å². The number of carbonyl (C=O) groups is 1. The highest BCUT2D eigenvalue weighted by Crippen LogP contribution is 2.43. The molecule has 5 rings (SSSR count). The van der Waals surface area contributed by atoms with E-state index in [1.54, 1.807) is 6.20 Å². The average molecular weight is 526 g/mol. The standard InChI is InChI=1S/C30H31N5O2S/c1-4-27(36)32-24-16-13-22(19-20(24)3)35-29(28(33-30(35)38)25-9-6-7-17-31-25)26-10-8-18-34(26)21-11-14-23(15-12-21)37-5-2/h6-19,28-29H,4-5H2,1-3H3,(H,32,36)(H,33,38)/t28-,29+/m0/s1. The first-order valence-electron chi connectivity index (χ1n) is 12.8. The molecule has 0 unspecified atom stereocenters. The molecule has 38 heavy (non-hydrogen) atoms. The van der Waals surface area contributed by atoms with Crippen LogP contribution in [0.5, 0.6) is 5.75 Å². The van der Waals surface area contributed by atoms with Gasteiger partial charge in [0.1, 0.15) is 11.8 Å². The molecule has 2 atom stereocenters. The van der Waals surface area contributed by atoms with Crippen LogP contribution in [0.2, 0.25) is 0 Å². The van der Waals surface area contributed by atoms with Gasteiger partial charge in [-0.2, -0.15) is 0 Å². The highest BCUT2D eigenvalue weighted by atomic mass is 32.1. The second kappa shape index (κ2) is 11.1. The van der Waals surface area contributed by atoms with Crippen molar-refractivity contribution in [2.24, 2.45) is 0 Å². The Morgan fingerprint density at radius 1 is 1.05 bits per heavy atom. The molecule has 2 aromatic heterocycles. The Morgan fingerprint density at radius 2 is 1.84 bits per heavy atom. The van der Waals surface area contributed by atoms with E-state index >= 15 is 0 Å². The normalized spacial score (nSPS) is 16.8. The second-order valence-electron chi connectivity index (χ2n) is 9.13. The van der Waals surface area contributed by atoms with Gasteiger partial charge < -0.3 is 24.8 Å². The number of pyridine rings is 1. The molecule has 1 fully saturated rings. The molecule has 2 N–H and O–H groups in total. The third kappa shape index (κ3) is 4.99. The largest absolute Gasteiger partial charge is 0.494 e. The highest BCUT2D eigenvalue weighted by molar-refractivity contribution is 7.80. The number of hydrogen-bond acceptors (Lipinski definition) is 4. The lowest BCUT2D eigenvalue weighted by Crippen LogP contribution is -2.30. The van der Waals surface area contributed by atoms with Gasteiger partial charge in [-0.3, -0.25) is 9.78 Å². The molecule has 1 saturated heterocycles. The SMILES string of the molecule is CCOc1ccc(-n2cccc2[C@@H]2[C@H](c3ccccn3)NC(=S)N2c2ccc(NC(=O)CC)c(C)c2)cc1. The predicted octanol–water partition coefficient (Wildman–Crippen LogP) is 6.11. The molecular weight excluding hydrogens is 494 g/mol. The third-order valence-electron chi connectivity index (χ3n) is 6.69. The Morgan fingerprint density at radius 3 is 2.53 bits per heavy atom. The Balaban J connectivity index is 1.58. The van der Waals surface area contributed by atoms with Crippen LogP contribution in [-0.4, -0.2) is 27.2 Å². The number of carbonyl (C=O) groups excluding carboxylic acids is 1. The second-order valence-corrected chi connectivity index (χ2v) is 9.51. The van der Waals surface area contributed by atoms with Gasteiger partial charge in [0, 0.05) is 41.6 Å². The van der Waals surface area contributed by atoms with Crippen molar-refractivity contribution in [3.63, 3.8) is 0 Å². The van der Waals surface area contributed by atoms with Crippen LogP contribution in [0, 0.1) is 6.92 Å². The fourth-order valence-corrected chi connectivity index (χ4v) is 5.20. The van der Waals surface area contributed by atoms with Crippen molar-refractivity contribution in [2.45, 2.75) is 39.3 Å². The van der Waals surface area contributed by atoms with Crippen LogP contribution in [-0.2, 0) is 4.79 Å². The lowest BCUT2D eigenvalue weighted by atomic mass is 10.00. The number of benzene rings is 2. The van der Waals surface area contributed by atoms with Gasteiger partial charge in [-0.05, 0) is 98.4 Å². The molecule has 1 aliphatic heterocycles. The Labute approximate surface area is 228 Å². The number of thiocarbonyl (C=S) groups is 1. The fourth-order valence-electron chi connectivity index (χ4n) is 4.85. The first-order chi connectivity index (χ1) is 18.5. The molecule has 194 valence electrons. The molecule has 0 bridgehead atoms. The number of nitrogens with one attached hydrogen (secondary N) is 2. The molecular formula is C30H31N5O2S. The van der Waals surface area contributed by atoms with Crippen LogP contribution in [0.25, 0.3) is 5.69 Å². The van der Waals surface area contributed by atoms with Crippen LogP contribution < -0.4 is 20.3 Å². The fraction of sp³-hybridized carbons (Fsp3) is 0.233. The topological polar surface area (TPSA) is 71.4 Å². The van der Waals surface area contributed by atoms with Crippen molar-refractivity contribution in [1.82, 2.24) is 14.9 Å². The summed E-state index contributed by atoms with van der Waals surface area (Å²) in [7, 11) is 0. The van der Waals surface area contributed by atoms with Gasteiger partial charge >= 0.3 is 0 Å². The Hall–Kier alpha value is -4.17. The van der Waals surface area contributed by atoms with E-state index in [1.165, 1.54) is 0 Å². The maximum atomic E-state index is 12.0. The van der Waals surface area contributed by atoms with Crippen molar-refractivity contribution in [3.05, 3.63) is 102 Å².